The number of hydrogen-bond acceptors (Lipinski definition) is 1. The molecule has 1 saturated carbocycles. The van der Waals surface area contributed by atoms with Gasteiger partial charge in [0.05, 0.1) is 0 Å². The monoisotopic (exact) mass is 195 g/mol. The molecule has 14 heavy (non-hydrogen) atoms. The zero-order valence-electron chi connectivity index (χ0n) is 9.84. The van der Waals surface area contributed by atoms with E-state index in [1.807, 2.05) is 0 Å². The van der Waals surface area contributed by atoms with Crippen LogP contribution in [0.5, 0.6) is 0 Å². The van der Waals surface area contributed by atoms with Crippen LogP contribution in [0.4, 0.5) is 0 Å². The highest BCUT2D eigenvalue weighted by molar-refractivity contribution is 4.91. The van der Waals surface area contributed by atoms with Crippen molar-refractivity contribution in [3.05, 3.63) is 0 Å². The second kappa shape index (κ2) is 4.65. The van der Waals surface area contributed by atoms with E-state index in [0.717, 1.165) is 18.0 Å². The molecule has 3 atom stereocenters. The molecule has 1 nitrogen and oxygen atoms in total. The van der Waals surface area contributed by atoms with E-state index in [-0.39, 0.29) is 0 Å². The van der Waals surface area contributed by atoms with Gasteiger partial charge in [0, 0.05) is 12.1 Å². The molecule has 2 aliphatic rings. The lowest BCUT2D eigenvalue weighted by atomic mass is 9.85. The molecule has 1 aliphatic carbocycles. The van der Waals surface area contributed by atoms with Crippen molar-refractivity contribution in [2.75, 3.05) is 6.54 Å². The van der Waals surface area contributed by atoms with Gasteiger partial charge in [-0.2, -0.15) is 0 Å². The van der Waals surface area contributed by atoms with Crippen molar-refractivity contribution in [3.8, 4) is 0 Å². The van der Waals surface area contributed by atoms with Gasteiger partial charge in [-0.1, -0.05) is 26.2 Å². The smallest absolute Gasteiger partial charge is 0.0127 e. The van der Waals surface area contributed by atoms with Gasteiger partial charge < -0.3 is 0 Å². The van der Waals surface area contributed by atoms with Crippen molar-refractivity contribution in [1.29, 1.82) is 0 Å². The lowest BCUT2D eigenvalue weighted by Crippen LogP contribution is -2.40. The van der Waals surface area contributed by atoms with Gasteiger partial charge in [-0.25, -0.2) is 0 Å². The average molecular weight is 195 g/mol. The SMILES string of the molecule is CCCC(C)N1CCC2CCCCC21. The van der Waals surface area contributed by atoms with Crippen LogP contribution >= 0.6 is 0 Å². The van der Waals surface area contributed by atoms with E-state index in [1.165, 1.54) is 51.5 Å². The van der Waals surface area contributed by atoms with Crippen LogP contribution < -0.4 is 0 Å². The molecule has 0 amide bonds. The first-order valence-electron chi connectivity index (χ1n) is 6.58. The maximum Gasteiger partial charge on any atom is 0.0127 e. The zero-order chi connectivity index (χ0) is 9.97. The summed E-state index contributed by atoms with van der Waals surface area (Å²) in [5.74, 6) is 1.06. The third-order valence-electron chi connectivity index (χ3n) is 4.33. The van der Waals surface area contributed by atoms with Gasteiger partial charge in [0.2, 0.25) is 0 Å². The normalized spacial score (nSPS) is 35.6. The van der Waals surface area contributed by atoms with Crippen LogP contribution in [0.25, 0.3) is 0 Å². The second-order valence-electron chi connectivity index (χ2n) is 5.28. The zero-order valence-corrected chi connectivity index (χ0v) is 9.84. The molecular weight excluding hydrogens is 170 g/mol. The summed E-state index contributed by atoms with van der Waals surface area (Å²) in [4.78, 5) is 2.81. The quantitative estimate of drug-likeness (QED) is 0.667. The summed E-state index contributed by atoms with van der Waals surface area (Å²) in [6, 6.07) is 1.80. The molecule has 1 saturated heterocycles. The lowest BCUT2D eigenvalue weighted by molar-refractivity contribution is 0.134. The maximum atomic E-state index is 2.81. The first-order valence-corrected chi connectivity index (χ1v) is 6.58. The van der Waals surface area contributed by atoms with Crippen LogP contribution in [0.2, 0.25) is 0 Å². The molecule has 1 heteroatoms. The Labute approximate surface area is 88.9 Å². The molecule has 1 aliphatic heterocycles. The van der Waals surface area contributed by atoms with Gasteiger partial charge >= 0.3 is 0 Å². The largest absolute Gasteiger partial charge is 0.297 e. The van der Waals surface area contributed by atoms with Crippen molar-refractivity contribution in [2.24, 2.45) is 5.92 Å². The third-order valence-corrected chi connectivity index (χ3v) is 4.33. The number of hydrogen-bond donors (Lipinski definition) is 0. The second-order valence-corrected chi connectivity index (χ2v) is 5.28. The summed E-state index contributed by atoms with van der Waals surface area (Å²) in [5, 5.41) is 0. The molecule has 1 heterocycles. The van der Waals surface area contributed by atoms with E-state index in [0.29, 0.717) is 0 Å². The number of fused-ring (bicyclic) bond motifs is 1. The van der Waals surface area contributed by atoms with Crippen LogP contribution in [0.3, 0.4) is 0 Å². The topological polar surface area (TPSA) is 3.24 Å². The minimum Gasteiger partial charge on any atom is -0.297 e. The molecule has 2 fully saturated rings. The van der Waals surface area contributed by atoms with E-state index < -0.39 is 0 Å². The Balaban J connectivity index is 1.93. The number of rotatable bonds is 3. The number of nitrogens with zero attached hydrogens (tertiary/aromatic N) is 1. The Hall–Kier alpha value is -0.0400. The van der Waals surface area contributed by atoms with Gasteiger partial charge in [0.1, 0.15) is 0 Å². The fraction of sp³-hybridized carbons (Fsp3) is 1.00. The molecule has 0 aromatic rings. The number of likely N-dealkylation sites (tertiary alicyclic amines) is 1. The van der Waals surface area contributed by atoms with E-state index in [4.69, 9.17) is 0 Å². The molecule has 0 aromatic carbocycles. The summed E-state index contributed by atoms with van der Waals surface area (Å²) in [7, 11) is 0. The third kappa shape index (κ3) is 1.98. The lowest BCUT2D eigenvalue weighted by Gasteiger charge is -2.35. The van der Waals surface area contributed by atoms with Crippen molar-refractivity contribution < 1.29 is 0 Å². The Bertz CT molecular complexity index is 178. The predicted octanol–water partition coefficient (Wildman–Crippen LogP) is 3.44. The van der Waals surface area contributed by atoms with Crippen molar-refractivity contribution in [2.45, 2.75) is 70.9 Å². The maximum absolute atomic E-state index is 2.81. The summed E-state index contributed by atoms with van der Waals surface area (Å²) < 4.78 is 0. The molecule has 0 N–H and O–H groups in total. The molecule has 0 radical (unpaired) electrons. The molecule has 0 spiro atoms. The molecule has 0 bridgehead atoms. The van der Waals surface area contributed by atoms with Gasteiger partial charge in [-0.15, -0.1) is 0 Å². The highest BCUT2D eigenvalue weighted by Crippen LogP contribution is 2.37. The molecule has 0 aromatic heterocycles. The first kappa shape index (κ1) is 10.5. The van der Waals surface area contributed by atoms with Crippen LogP contribution in [-0.2, 0) is 0 Å². The molecular formula is C13H25N. The van der Waals surface area contributed by atoms with Crippen LogP contribution in [0, 0.1) is 5.92 Å². The Morgan fingerprint density at radius 1 is 1.21 bits per heavy atom. The van der Waals surface area contributed by atoms with E-state index in [2.05, 4.69) is 18.7 Å². The fourth-order valence-corrected chi connectivity index (χ4v) is 3.57. The molecule has 3 unspecified atom stereocenters. The van der Waals surface area contributed by atoms with Crippen LogP contribution in [0.1, 0.15) is 58.8 Å². The van der Waals surface area contributed by atoms with Crippen LogP contribution in [0.15, 0.2) is 0 Å². The highest BCUT2D eigenvalue weighted by Gasteiger charge is 2.37. The van der Waals surface area contributed by atoms with Crippen molar-refractivity contribution in [1.82, 2.24) is 4.90 Å². The van der Waals surface area contributed by atoms with E-state index in [1.54, 1.807) is 0 Å². The predicted molar refractivity (Wildman–Crippen MR) is 61.4 cm³/mol. The Morgan fingerprint density at radius 3 is 2.79 bits per heavy atom. The van der Waals surface area contributed by atoms with Gasteiger partial charge in [-0.05, 0) is 45.1 Å². The summed E-state index contributed by atoms with van der Waals surface area (Å²) in [6.45, 7) is 6.13. The van der Waals surface area contributed by atoms with Gasteiger partial charge in [0.15, 0.2) is 0 Å². The molecule has 2 rings (SSSR count). The average Bonchev–Trinajstić information content (AvgIpc) is 2.61. The standard InChI is InChI=1S/C13H25N/c1-3-6-11(2)14-10-9-12-7-4-5-8-13(12)14/h11-13H,3-10H2,1-2H3. The first-order chi connectivity index (χ1) is 6.83. The molecule has 82 valence electrons. The van der Waals surface area contributed by atoms with Crippen molar-refractivity contribution >= 4 is 0 Å². The summed E-state index contributed by atoms with van der Waals surface area (Å²) >= 11 is 0. The fourth-order valence-electron chi connectivity index (χ4n) is 3.57. The van der Waals surface area contributed by atoms with Gasteiger partial charge in [-0.3, -0.25) is 4.90 Å². The Kier molecular flexibility index (Phi) is 3.48. The van der Waals surface area contributed by atoms with E-state index >= 15 is 0 Å². The Morgan fingerprint density at radius 2 is 2.00 bits per heavy atom. The van der Waals surface area contributed by atoms with Crippen molar-refractivity contribution in [3.63, 3.8) is 0 Å². The minimum absolute atomic E-state index is 0.841. The highest BCUT2D eigenvalue weighted by atomic mass is 15.2. The minimum atomic E-state index is 0.841. The summed E-state index contributed by atoms with van der Waals surface area (Å²) in [5.41, 5.74) is 0. The van der Waals surface area contributed by atoms with E-state index in [9.17, 15) is 0 Å². The summed E-state index contributed by atoms with van der Waals surface area (Å²) in [6.07, 6.45) is 10.2. The van der Waals surface area contributed by atoms with Gasteiger partial charge in [0.25, 0.3) is 0 Å². The van der Waals surface area contributed by atoms with Crippen LogP contribution in [-0.4, -0.2) is 23.5 Å².